The molecule has 0 aliphatic carbocycles. The topological polar surface area (TPSA) is 68.0 Å². The highest BCUT2D eigenvalue weighted by Crippen LogP contribution is 2.24. The van der Waals surface area contributed by atoms with Crippen LogP contribution >= 0.6 is 35.0 Å². The van der Waals surface area contributed by atoms with Crippen molar-refractivity contribution in [1.29, 1.82) is 0 Å². The molecule has 0 saturated heterocycles. The van der Waals surface area contributed by atoms with E-state index in [9.17, 15) is 4.79 Å². The standard InChI is InChI=1S/C18H15Cl2N3O2S/c19-14-6-4-12(5-7-14)8-9-21-16(24)11-26-18-23-22-17(25-18)13-2-1-3-15(20)10-13/h1-7,10H,8-9,11H2,(H,21,24). The Bertz CT molecular complexity index is 884. The van der Waals surface area contributed by atoms with Gasteiger partial charge in [0.05, 0.1) is 5.75 Å². The summed E-state index contributed by atoms with van der Waals surface area (Å²) in [6.45, 7) is 0.554. The molecule has 134 valence electrons. The number of carbonyl (C=O) groups is 1. The van der Waals surface area contributed by atoms with Crippen LogP contribution in [0.15, 0.2) is 58.2 Å². The van der Waals surface area contributed by atoms with Crippen LogP contribution in [0.2, 0.25) is 10.0 Å². The normalized spacial score (nSPS) is 10.7. The monoisotopic (exact) mass is 407 g/mol. The van der Waals surface area contributed by atoms with Gasteiger partial charge in [0, 0.05) is 22.2 Å². The van der Waals surface area contributed by atoms with E-state index in [2.05, 4.69) is 15.5 Å². The van der Waals surface area contributed by atoms with Crippen molar-refractivity contribution in [3.63, 3.8) is 0 Å². The van der Waals surface area contributed by atoms with E-state index in [4.69, 9.17) is 27.6 Å². The van der Waals surface area contributed by atoms with Gasteiger partial charge in [-0.3, -0.25) is 4.79 Å². The van der Waals surface area contributed by atoms with Crippen LogP contribution in [0.1, 0.15) is 5.56 Å². The number of amides is 1. The fourth-order valence-electron chi connectivity index (χ4n) is 2.18. The van der Waals surface area contributed by atoms with Gasteiger partial charge >= 0.3 is 0 Å². The third-order valence-electron chi connectivity index (χ3n) is 3.45. The van der Waals surface area contributed by atoms with Crippen LogP contribution in [0.4, 0.5) is 0 Å². The number of aromatic nitrogens is 2. The molecule has 0 unspecified atom stereocenters. The third kappa shape index (κ3) is 5.49. The van der Waals surface area contributed by atoms with Gasteiger partial charge in [0.1, 0.15) is 0 Å². The third-order valence-corrected chi connectivity index (χ3v) is 4.76. The number of carbonyl (C=O) groups excluding carboxylic acids is 1. The summed E-state index contributed by atoms with van der Waals surface area (Å²) in [5.41, 5.74) is 1.86. The lowest BCUT2D eigenvalue weighted by Gasteiger charge is -2.04. The van der Waals surface area contributed by atoms with Crippen LogP contribution in [0.25, 0.3) is 11.5 Å². The van der Waals surface area contributed by atoms with Crippen LogP contribution in [-0.4, -0.2) is 28.4 Å². The largest absolute Gasteiger partial charge is 0.411 e. The average Bonchev–Trinajstić information content (AvgIpc) is 3.11. The van der Waals surface area contributed by atoms with Crippen molar-refractivity contribution >= 4 is 40.9 Å². The molecule has 8 heteroatoms. The summed E-state index contributed by atoms with van der Waals surface area (Å²) in [6.07, 6.45) is 0.743. The molecule has 3 aromatic rings. The molecule has 1 heterocycles. The van der Waals surface area contributed by atoms with Gasteiger partial charge in [0.2, 0.25) is 11.8 Å². The molecule has 0 bridgehead atoms. The summed E-state index contributed by atoms with van der Waals surface area (Å²) < 4.78 is 5.55. The molecule has 0 radical (unpaired) electrons. The molecule has 0 aliphatic heterocycles. The van der Waals surface area contributed by atoms with Crippen molar-refractivity contribution in [3.05, 3.63) is 64.1 Å². The second kappa shape index (κ2) is 9.07. The smallest absolute Gasteiger partial charge is 0.277 e. The lowest BCUT2D eigenvalue weighted by Crippen LogP contribution is -2.27. The highest BCUT2D eigenvalue weighted by Gasteiger charge is 2.11. The van der Waals surface area contributed by atoms with Crippen molar-refractivity contribution in [2.45, 2.75) is 11.6 Å². The number of nitrogens with zero attached hydrogens (tertiary/aromatic N) is 2. The number of halogens is 2. The number of nitrogens with one attached hydrogen (secondary N) is 1. The number of hydrogen-bond acceptors (Lipinski definition) is 5. The number of benzene rings is 2. The lowest BCUT2D eigenvalue weighted by molar-refractivity contribution is -0.118. The van der Waals surface area contributed by atoms with Crippen LogP contribution in [0.3, 0.4) is 0 Å². The first-order valence-corrected chi connectivity index (χ1v) is 9.58. The summed E-state index contributed by atoms with van der Waals surface area (Å²) >= 11 is 13.0. The Hall–Kier alpha value is -2.02. The summed E-state index contributed by atoms with van der Waals surface area (Å²) in [6, 6.07) is 14.7. The maximum absolute atomic E-state index is 11.9. The van der Waals surface area contributed by atoms with Gasteiger partial charge in [0.25, 0.3) is 5.22 Å². The van der Waals surface area contributed by atoms with Crippen molar-refractivity contribution in [2.24, 2.45) is 0 Å². The molecule has 5 nitrogen and oxygen atoms in total. The average molecular weight is 408 g/mol. The zero-order chi connectivity index (χ0) is 18.4. The second-order valence-corrected chi connectivity index (χ2v) is 7.20. The number of thioether (sulfide) groups is 1. The molecule has 1 aromatic heterocycles. The van der Waals surface area contributed by atoms with Crippen molar-refractivity contribution in [2.75, 3.05) is 12.3 Å². The maximum Gasteiger partial charge on any atom is 0.277 e. The van der Waals surface area contributed by atoms with E-state index in [0.29, 0.717) is 27.7 Å². The Morgan fingerprint density at radius 1 is 1.08 bits per heavy atom. The quantitative estimate of drug-likeness (QED) is 0.584. The van der Waals surface area contributed by atoms with Gasteiger partial charge in [-0.2, -0.15) is 0 Å². The van der Waals surface area contributed by atoms with E-state index in [-0.39, 0.29) is 11.7 Å². The molecule has 1 amide bonds. The molecular formula is C18H15Cl2N3O2S. The molecule has 0 fully saturated rings. The molecule has 1 N–H and O–H groups in total. The lowest BCUT2D eigenvalue weighted by atomic mass is 10.1. The van der Waals surface area contributed by atoms with Crippen molar-refractivity contribution in [1.82, 2.24) is 15.5 Å². The Kier molecular flexibility index (Phi) is 6.55. The van der Waals surface area contributed by atoms with E-state index < -0.39 is 0 Å². The van der Waals surface area contributed by atoms with Crippen molar-refractivity contribution in [3.8, 4) is 11.5 Å². The van der Waals surface area contributed by atoms with Crippen LogP contribution < -0.4 is 5.32 Å². The predicted molar refractivity (Wildman–Crippen MR) is 104 cm³/mol. The van der Waals surface area contributed by atoms with Gasteiger partial charge in [-0.25, -0.2) is 0 Å². The van der Waals surface area contributed by atoms with E-state index in [1.165, 1.54) is 11.8 Å². The summed E-state index contributed by atoms with van der Waals surface area (Å²) in [7, 11) is 0. The molecule has 3 rings (SSSR count). The molecule has 0 atom stereocenters. The van der Waals surface area contributed by atoms with E-state index in [1.54, 1.807) is 12.1 Å². The molecule has 26 heavy (non-hydrogen) atoms. The first-order valence-electron chi connectivity index (χ1n) is 7.83. The Balaban J connectivity index is 1.44. The molecular weight excluding hydrogens is 393 g/mol. The van der Waals surface area contributed by atoms with Crippen LogP contribution in [0, 0.1) is 0 Å². The minimum atomic E-state index is -0.0912. The highest BCUT2D eigenvalue weighted by atomic mass is 35.5. The van der Waals surface area contributed by atoms with Gasteiger partial charge < -0.3 is 9.73 Å². The summed E-state index contributed by atoms with van der Waals surface area (Å²) in [5.74, 6) is 0.488. The van der Waals surface area contributed by atoms with Crippen molar-refractivity contribution < 1.29 is 9.21 Å². The zero-order valence-electron chi connectivity index (χ0n) is 13.6. The molecule has 0 saturated carbocycles. The fraction of sp³-hybridized carbons (Fsp3) is 0.167. The van der Waals surface area contributed by atoms with Gasteiger partial charge in [-0.15, -0.1) is 10.2 Å². The summed E-state index contributed by atoms with van der Waals surface area (Å²) in [5, 5.41) is 12.4. The molecule has 0 spiro atoms. The summed E-state index contributed by atoms with van der Waals surface area (Å²) in [4.78, 5) is 11.9. The maximum atomic E-state index is 11.9. The fourth-order valence-corrected chi connectivity index (χ4v) is 3.09. The Morgan fingerprint density at radius 3 is 2.65 bits per heavy atom. The highest BCUT2D eigenvalue weighted by molar-refractivity contribution is 7.99. The van der Waals surface area contributed by atoms with Crippen LogP contribution in [-0.2, 0) is 11.2 Å². The molecule has 0 aliphatic rings. The SMILES string of the molecule is O=C(CSc1nnc(-c2cccc(Cl)c2)o1)NCCc1ccc(Cl)cc1. The van der Waals surface area contributed by atoms with E-state index in [0.717, 1.165) is 17.5 Å². The predicted octanol–water partition coefficient (Wildman–Crippen LogP) is 4.49. The van der Waals surface area contributed by atoms with Gasteiger partial charge in [-0.1, -0.05) is 53.2 Å². The van der Waals surface area contributed by atoms with E-state index in [1.807, 2.05) is 36.4 Å². The Labute approximate surface area is 165 Å². The van der Waals surface area contributed by atoms with E-state index >= 15 is 0 Å². The van der Waals surface area contributed by atoms with Gasteiger partial charge in [0.15, 0.2) is 0 Å². The van der Waals surface area contributed by atoms with Crippen LogP contribution in [0.5, 0.6) is 0 Å². The first kappa shape index (κ1) is 18.8. The van der Waals surface area contributed by atoms with Gasteiger partial charge in [-0.05, 0) is 42.3 Å². The number of hydrogen-bond donors (Lipinski definition) is 1. The zero-order valence-corrected chi connectivity index (χ0v) is 15.9. The first-order chi connectivity index (χ1) is 12.6. The minimum Gasteiger partial charge on any atom is -0.411 e. The second-order valence-electron chi connectivity index (χ2n) is 5.40. The molecule has 2 aromatic carbocycles. The minimum absolute atomic E-state index is 0.0912. The Morgan fingerprint density at radius 2 is 1.88 bits per heavy atom. The number of rotatable bonds is 7.